The van der Waals surface area contributed by atoms with E-state index >= 15 is 0 Å². The van der Waals surface area contributed by atoms with E-state index < -0.39 is 0 Å². The number of nitrogens with one attached hydrogen (secondary N) is 1. The molecule has 0 amide bonds. The second kappa shape index (κ2) is 4.58. The Bertz CT molecular complexity index is 375. The Morgan fingerprint density at radius 1 is 1.85 bits per heavy atom. The normalized spacial score (nSPS) is 9.62. The quantitative estimate of drug-likeness (QED) is 0.252. The zero-order valence-corrected chi connectivity index (χ0v) is 7.78. The van der Waals surface area contributed by atoms with Crippen LogP contribution >= 0.6 is 11.8 Å². The smallest absolute Gasteiger partial charge is 0.273 e. The molecule has 0 bridgehead atoms. The summed E-state index contributed by atoms with van der Waals surface area (Å²) in [7, 11) is 1.63. The maximum Gasteiger partial charge on any atom is 0.343 e. The van der Waals surface area contributed by atoms with Gasteiger partial charge in [0.05, 0.1) is 0 Å². The number of hydrogen-bond donors (Lipinski definition) is 1. The van der Waals surface area contributed by atoms with Crippen LogP contribution in [-0.2, 0) is 7.05 Å². The topological polar surface area (TPSA) is 99.4 Å². The first kappa shape index (κ1) is 9.69. The summed E-state index contributed by atoms with van der Waals surface area (Å²) in [6.45, 7) is 0.391. The summed E-state index contributed by atoms with van der Waals surface area (Å²) in [6.07, 6.45) is 0. The molecule has 0 saturated carbocycles. The van der Waals surface area contributed by atoms with Gasteiger partial charge in [0.2, 0.25) is 0 Å². The lowest BCUT2D eigenvalue weighted by atomic mass is 10.8. The first-order valence-electron chi connectivity index (χ1n) is 3.50. The Kier molecular flexibility index (Phi) is 3.41. The lowest BCUT2D eigenvalue weighted by Gasteiger charge is -1.95. The summed E-state index contributed by atoms with van der Waals surface area (Å²) in [5.41, 5.74) is 7.75. The van der Waals surface area contributed by atoms with Crippen LogP contribution in [0.25, 0.3) is 10.4 Å². The maximum atomic E-state index is 10.9. The van der Waals surface area contributed by atoms with Crippen LogP contribution in [0, 0.1) is 0 Å². The highest BCUT2D eigenvalue weighted by molar-refractivity contribution is 7.99. The van der Waals surface area contributed by atoms with E-state index in [0.717, 1.165) is 0 Å². The highest BCUT2D eigenvalue weighted by atomic mass is 32.2. The third-order valence-corrected chi connectivity index (χ3v) is 2.33. The van der Waals surface area contributed by atoms with E-state index in [0.29, 0.717) is 17.5 Å². The van der Waals surface area contributed by atoms with Crippen molar-refractivity contribution >= 4 is 11.8 Å². The minimum atomic E-state index is -0.244. The number of aromatic amines is 1. The molecule has 1 aromatic heterocycles. The highest BCUT2D eigenvalue weighted by Gasteiger charge is 2.02. The van der Waals surface area contributed by atoms with Crippen molar-refractivity contribution in [2.75, 3.05) is 12.3 Å². The lowest BCUT2D eigenvalue weighted by Crippen LogP contribution is -2.12. The van der Waals surface area contributed by atoms with Gasteiger partial charge in [-0.05, 0) is 5.53 Å². The average molecular weight is 200 g/mol. The van der Waals surface area contributed by atoms with Crippen LogP contribution in [0.3, 0.4) is 0 Å². The van der Waals surface area contributed by atoms with Gasteiger partial charge in [0, 0.05) is 24.3 Å². The Balaban J connectivity index is 2.50. The second-order valence-corrected chi connectivity index (χ2v) is 3.24. The van der Waals surface area contributed by atoms with Gasteiger partial charge in [-0.2, -0.15) is 0 Å². The molecule has 13 heavy (non-hydrogen) atoms. The first-order valence-corrected chi connectivity index (χ1v) is 4.49. The van der Waals surface area contributed by atoms with Crippen molar-refractivity contribution in [3.63, 3.8) is 0 Å². The molecule has 1 rings (SSSR count). The number of nitrogens with zero attached hydrogens (tertiary/aromatic N) is 5. The molecule has 0 aliphatic rings. The Hall–Kier alpha value is -1.40. The highest BCUT2D eigenvalue weighted by Crippen LogP contribution is 2.10. The fraction of sp³-hybridized carbons (Fsp3) is 0.600. The van der Waals surface area contributed by atoms with Crippen molar-refractivity contribution in [2.24, 2.45) is 12.2 Å². The van der Waals surface area contributed by atoms with Crippen LogP contribution in [0.2, 0.25) is 0 Å². The van der Waals surface area contributed by atoms with Gasteiger partial charge >= 0.3 is 5.69 Å². The van der Waals surface area contributed by atoms with E-state index in [1.54, 1.807) is 7.05 Å². The number of thioether (sulfide) groups is 1. The van der Waals surface area contributed by atoms with Crippen LogP contribution in [0.5, 0.6) is 0 Å². The maximum absolute atomic E-state index is 10.9. The summed E-state index contributed by atoms with van der Waals surface area (Å²) in [4.78, 5) is 13.5. The van der Waals surface area contributed by atoms with Gasteiger partial charge in [-0.25, -0.2) is 9.89 Å². The number of hydrogen-bond acceptors (Lipinski definition) is 4. The van der Waals surface area contributed by atoms with E-state index in [9.17, 15) is 4.79 Å². The number of azide groups is 1. The van der Waals surface area contributed by atoms with Crippen molar-refractivity contribution in [2.45, 2.75) is 5.16 Å². The third kappa shape index (κ3) is 2.53. The van der Waals surface area contributed by atoms with Gasteiger partial charge in [0.1, 0.15) is 0 Å². The molecule has 0 unspecified atom stereocenters. The zero-order valence-electron chi connectivity index (χ0n) is 6.97. The predicted octanol–water partition coefficient (Wildman–Crippen LogP) is 0.511. The molecule has 0 radical (unpaired) electrons. The molecule has 0 fully saturated rings. The van der Waals surface area contributed by atoms with Gasteiger partial charge < -0.3 is 0 Å². The standard InChI is InChI=1S/C5H8N6OS/c1-11-4(12)8-9-5(11)13-3-2-7-10-6/h2-3H2,1H3,(H,8,12). The Morgan fingerprint density at radius 2 is 2.62 bits per heavy atom. The van der Waals surface area contributed by atoms with E-state index in [1.807, 2.05) is 0 Å². The van der Waals surface area contributed by atoms with E-state index in [2.05, 4.69) is 20.2 Å². The zero-order chi connectivity index (χ0) is 9.68. The molecule has 70 valence electrons. The van der Waals surface area contributed by atoms with Crippen LogP contribution < -0.4 is 5.69 Å². The minimum absolute atomic E-state index is 0.244. The summed E-state index contributed by atoms with van der Waals surface area (Å²) in [6, 6.07) is 0. The Labute approximate surface area is 77.8 Å². The fourth-order valence-electron chi connectivity index (χ4n) is 0.684. The molecular weight excluding hydrogens is 192 g/mol. The van der Waals surface area contributed by atoms with Crippen molar-refractivity contribution < 1.29 is 0 Å². The second-order valence-electron chi connectivity index (χ2n) is 2.17. The lowest BCUT2D eigenvalue weighted by molar-refractivity contribution is 0.765. The molecule has 7 nitrogen and oxygen atoms in total. The van der Waals surface area contributed by atoms with Crippen molar-refractivity contribution in [3.05, 3.63) is 20.9 Å². The van der Waals surface area contributed by atoms with Crippen LogP contribution in [0.15, 0.2) is 15.1 Å². The molecule has 0 spiro atoms. The average Bonchev–Trinajstić information content (AvgIpc) is 2.43. The monoisotopic (exact) mass is 200 g/mol. The third-order valence-electron chi connectivity index (χ3n) is 1.32. The van der Waals surface area contributed by atoms with Gasteiger partial charge in [-0.1, -0.05) is 16.9 Å². The van der Waals surface area contributed by atoms with Crippen LogP contribution in [0.1, 0.15) is 0 Å². The fourth-order valence-corrected chi connectivity index (χ4v) is 1.43. The molecule has 1 aromatic rings. The molecule has 8 heteroatoms. The molecule has 0 saturated heterocycles. The van der Waals surface area contributed by atoms with Gasteiger partial charge in [0.25, 0.3) is 0 Å². The molecule has 0 aromatic carbocycles. The molecule has 1 heterocycles. The van der Waals surface area contributed by atoms with Gasteiger partial charge in [0.15, 0.2) is 5.16 Å². The summed E-state index contributed by atoms with van der Waals surface area (Å²) < 4.78 is 1.40. The first-order chi connectivity index (χ1) is 6.25. The largest absolute Gasteiger partial charge is 0.343 e. The van der Waals surface area contributed by atoms with Crippen LogP contribution in [0.4, 0.5) is 0 Å². The number of H-pyrrole nitrogens is 1. The van der Waals surface area contributed by atoms with Crippen molar-refractivity contribution in [1.29, 1.82) is 0 Å². The molecule has 0 atom stereocenters. The van der Waals surface area contributed by atoms with Crippen LogP contribution in [-0.4, -0.2) is 27.1 Å². The van der Waals surface area contributed by atoms with E-state index in [4.69, 9.17) is 5.53 Å². The minimum Gasteiger partial charge on any atom is -0.273 e. The molecular formula is C5H8N6OS. The molecule has 0 aliphatic carbocycles. The molecule has 0 aliphatic heterocycles. The summed E-state index contributed by atoms with van der Waals surface area (Å²) in [5, 5.41) is 10.0. The number of rotatable bonds is 4. The SMILES string of the molecule is Cn1c(SCCN=[N+]=[N-])n[nH]c1=O. The predicted molar refractivity (Wildman–Crippen MR) is 48.6 cm³/mol. The summed E-state index contributed by atoms with van der Waals surface area (Å²) >= 11 is 1.36. The number of aromatic nitrogens is 3. The van der Waals surface area contributed by atoms with E-state index in [1.165, 1.54) is 16.3 Å². The van der Waals surface area contributed by atoms with E-state index in [-0.39, 0.29) is 5.69 Å². The summed E-state index contributed by atoms with van der Waals surface area (Å²) in [5.74, 6) is 0.613. The van der Waals surface area contributed by atoms with Crippen molar-refractivity contribution in [1.82, 2.24) is 14.8 Å². The van der Waals surface area contributed by atoms with Gasteiger partial charge in [-0.3, -0.25) is 4.57 Å². The van der Waals surface area contributed by atoms with Crippen molar-refractivity contribution in [3.8, 4) is 0 Å². The molecule has 1 N–H and O–H groups in total. The Morgan fingerprint density at radius 3 is 3.15 bits per heavy atom. The van der Waals surface area contributed by atoms with Gasteiger partial charge in [-0.15, -0.1) is 5.10 Å².